The molecule has 1 aliphatic heterocycles. The zero-order valence-electron chi connectivity index (χ0n) is 15.6. The predicted molar refractivity (Wildman–Crippen MR) is 106 cm³/mol. The van der Waals surface area contributed by atoms with Gasteiger partial charge in [0.05, 0.1) is 10.9 Å². The monoisotopic (exact) mass is 393 g/mol. The summed E-state index contributed by atoms with van der Waals surface area (Å²) < 4.78 is 2.57. The van der Waals surface area contributed by atoms with Gasteiger partial charge in [-0.1, -0.05) is 27.7 Å². The van der Waals surface area contributed by atoms with E-state index in [4.69, 9.17) is 4.98 Å². The maximum absolute atomic E-state index is 12.7. The first-order valence-electron chi connectivity index (χ1n) is 8.70. The third-order valence-electron chi connectivity index (χ3n) is 4.65. The van der Waals surface area contributed by atoms with Gasteiger partial charge in [0.25, 0.3) is 5.56 Å². The lowest BCUT2D eigenvalue weighted by atomic mass is 9.83. The van der Waals surface area contributed by atoms with E-state index in [9.17, 15) is 4.79 Å². The average molecular weight is 394 g/mol. The molecule has 132 valence electrons. The molecule has 1 saturated heterocycles. The van der Waals surface area contributed by atoms with Crippen LogP contribution in [0.15, 0.2) is 21.4 Å². The van der Waals surface area contributed by atoms with E-state index in [0.29, 0.717) is 10.8 Å². The predicted octanol–water partition coefficient (Wildman–Crippen LogP) is 4.66. The second-order valence-electron chi connectivity index (χ2n) is 7.07. The Labute approximate surface area is 153 Å². The summed E-state index contributed by atoms with van der Waals surface area (Å²) >= 11 is 3.55. The Morgan fingerprint density at radius 1 is 1.17 bits per heavy atom. The normalized spacial score (nSPS) is 16.7. The maximum atomic E-state index is 12.7. The van der Waals surface area contributed by atoms with Crippen molar-refractivity contribution in [1.29, 1.82) is 0 Å². The molecule has 0 N–H and O–H groups in total. The molecule has 0 bridgehead atoms. The van der Waals surface area contributed by atoms with Crippen LogP contribution in [0.3, 0.4) is 0 Å². The van der Waals surface area contributed by atoms with E-state index in [-0.39, 0.29) is 5.56 Å². The van der Waals surface area contributed by atoms with Crippen molar-refractivity contribution >= 4 is 32.8 Å². The van der Waals surface area contributed by atoms with Gasteiger partial charge < -0.3 is 4.90 Å². The van der Waals surface area contributed by atoms with Crippen LogP contribution in [0.4, 0.5) is 5.95 Å². The molecule has 1 fully saturated rings. The van der Waals surface area contributed by atoms with E-state index in [1.807, 2.05) is 40.0 Å². The van der Waals surface area contributed by atoms with Crippen molar-refractivity contribution < 1.29 is 0 Å². The molecule has 0 amide bonds. The van der Waals surface area contributed by atoms with Crippen molar-refractivity contribution in [2.75, 3.05) is 18.0 Å². The molecule has 0 atom stereocenters. The summed E-state index contributed by atoms with van der Waals surface area (Å²) in [7, 11) is 1.82. The maximum Gasteiger partial charge on any atom is 0.262 e. The highest BCUT2D eigenvalue weighted by Gasteiger charge is 2.27. The summed E-state index contributed by atoms with van der Waals surface area (Å²) in [6.07, 6.45) is 2.24. The van der Waals surface area contributed by atoms with Gasteiger partial charge in [-0.3, -0.25) is 9.36 Å². The van der Waals surface area contributed by atoms with Crippen molar-refractivity contribution in [3.8, 4) is 0 Å². The Morgan fingerprint density at radius 2 is 1.75 bits per heavy atom. The van der Waals surface area contributed by atoms with Crippen LogP contribution in [0.5, 0.6) is 0 Å². The highest BCUT2D eigenvalue weighted by molar-refractivity contribution is 9.10. The third-order valence-corrected chi connectivity index (χ3v) is 5.26. The fraction of sp³-hybridized carbons (Fsp3) is 0.579. The Balaban J connectivity index is 0.00000100. The molecule has 0 unspecified atom stereocenters. The molecular weight excluding hydrogens is 366 g/mol. The molecule has 4 nitrogen and oxygen atoms in total. The molecule has 1 aromatic carbocycles. The molecule has 0 saturated carbocycles. The molecule has 0 aliphatic carbocycles. The number of hydrogen-bond acceptors (Lipinski definition) is 3. The van der Waals surface area contributed by atoms with Gasteiger partial charge in [0, 0.05) is 24.6 Å². The molecule has 3 rings (SSSR count). The van der Waals surface area contributed by atoms with Crippen LogP contribution in [-0.2, 0) is 7.05 Å². The number of aromatic nitrogens is 2. The highest BCUT2D eigenvalue weighted by atomic mass is 79.9. The minimum absolute atomic E-state index is 0.0224. The molecule has 5 heteroatoms. The van der Waals surface area contributed by atoms with E-state index in [0.717, 1.165) is 47.4 Å². The van der Waals surface area contributed by atoms with Crippen LogP contribution in [-0.4, -0.2) is 22.6 Å². The summed E-state index contributed by atoms with van der Waals surface area (Å²) in [5.74, 6) is 0.776. The summed E-state index contributed by atoms with van der Waals surface area (Å²) in [5, 5.41) is 0.676. The van der Waals surface area contributed by atoms with E-state index in [2.05, 4.69) is 34.7 Å². The van der Waals surface area contributed by atoms with E-state index in [1.165, 1.54) is 0 Å². The number of nitrogens with zero attached hydrogens (tertiary/aromatic N) is 3. The number of benzene rings is 1. The molecule has 0 spiro atoms. The number of hydrogen-bond donors (Lipinski definition) is 0. The van der Waals surface area contributed by atoms with Crippen LogP contribution in [0.1, 0.15) is 46.1 Å². The Morgan fingerprint density at radius 3 is 2.33 bits per heavy atom. The van der Waals surface area contributed by atoms with E-state index in [1.54, 1.807) is 4.57 Å². The van der Waals surface area contributed by atoms with Crippen LogP contribution in [0.25, 0.3) is 10.9 Å². The lowest BCUT2D eigenvalue weighted by Crippen LogP contribution is -2.40. The van der Waals surface area contributed by atoms with Crippen LogP contribution in [0, 0.1) is 12.3 Å². The summed E-state index contributed by atoms with van der Waals surface area (Å²) in [6, 6.07) is 3.93. The average Bonchev–Trinajstić information content (AvgIpc) is 2.54. The van der Waals surface area contributed by atoms with Crippen LogP contribution >= 0.6 is 15.9 Å². The topological polar surface area (TPSA) is 38.1 Å². The van der Waals surface area contributed by atoms with Gasteiger partial charge >= 0.3 is 0 Å². The summed E-state index contributed by atoms with van der Waals surface area (Å²) in [5.41, 5.74) is 2.22. The largest absolute Gasteiger partial charge is 0.342 e. The first kappa shape index (κ1) is 19.0. The number of anilines is 1. The van der Waals surface area contributed by atoms with Gasteiger partial charge in [-0.25, -0.2) is 4.98 Å². The number of halogens is 1. The lowest BCUT2D eigenvalue weighted by molar-refractivity contribution is 0.277. The first-order chi connectivity index (χ1) is 11.3. The summed E-state index contributed by atoms with van der Waals surface area (Å²) in [4.78, 5) is 19.7. The lowest BCUT2D eigenvalue weighted by Gasteiger charge is -2.37. The van der Waals surface area contributed by atoms with Crippen molar-refractivity contribution in [3.05, 3.63) is 32.5 Å². The van der Waals surface area contributed by atoms with Gasteiger partial charge in [0.1, 0.15) is 0 Å². The number of fused-ring (bicyclic) bond motifs is 1. The van der Waals surface area contributed by atoms with Gasteiger partial charge in [0.2, 0.25) is 5.95 Å². The van der Waals surface area contributed by atoms with E-state index >= 15 is 0 Å². The van der Waals surface area contributed by atoms with Gasteiger partial charge in [-0.2, -0.15) is 0 Å². The van der Waals surface area contributed by atoms with Gasteiger partial charge in [-0.05, 0) is 58.8 Å². The SMILES string of the molecule is CC.Cc1cc(Br)c2nc(N3CCC(C)(C)CC3)n(C)c(=O)c2c1. The van der Waals surface area contributed by atoms with Crippen LogP contribution < -0.4 is 10.5 Å². The Hall–Kier alpha value is -1.36. The molecular formula is C19H28BrN3O. The smallest absolute Gasteiger partial charge is 0.262 e. The third kappa shape index (κ3) is 3.66. The van der Waals surface area contributed by atoms with E-state index < -0.39 is 0 Å². The van der Waals surface area contributed by atoms with Crippen molar-refractivity contribution in [2.45, 2.75) is 47.5 Å². The van der Waals surface area contributed by atoms with Crippen molar-refractivity contribution in [1.82, 2.24) is 9.55 Å². The minimum Gasteiger partial charge on any atom is -0.342 e. The molecule has 1 aromatic heterocycles. The second-order valence-corrected chi connectivity index (χ2v) is 7.92. The number of rotatable bonds is 1. The molecule has 2 aromatic rings. The molecule has 0 radical (unpaired) electrons. The summed E-state index contributed by atoms with van der Waals surface area (Å²) in [6.45, 7) is 12.5. The quantitative estimate of drug-likeness (QED) is 0.706. The molecule has 1 aliphatic rings. The fourth-order valence-electron chi connectivity index (χ4n) is 3.05. The minimum atomic E-state index is 0.0224. The molecule has 24 heavy (non-hydrogen) atoms. The van der Waals surface area contributed by atoms with Gasteiger partial charge in [0.15, 0.2) is 0 Å². The number of piperidine rings is 1. The Kier molecular flexibility index (Phi) is 5.74. The fourth-order valence-corrected chi connectivity index (χ4v) is 3.72. The first-order valence-corrected chi connectivity index (χ1v) is 9.50. The van der Waals surface area contributed by atoms with Crippen molar-refractivity contribution in [2.24, 2.45) is 12.5 Å². The zero-order chi connectivity index (χ0) is 18.1. The van der Waals surface area contributed by atoms with Gasteiger partial charge in [-0.15, -0.1) is 0 Å². The molecule has 2 heterocycles. The van der Waals surface area contributed by atoms with Crippen molar-refractivity contribution in [3.63, 3.8) is 0 Å². The highest BCUT2D eigenvalue weighted by Crippen LogP contribution is 2.32. The van der Waals surface area contributed by atoms with Crippen LogP contribution in [0.2, 0.25) is 0 Å². The number of aryl methyl sites for hydroxylation is 1. The second kappa shape index (κ2) is 7.26. The Bertz CT molecular complexity index is 785. The zero-order valence-corrected chi connectivity index (χ0v) is 17.2. The standard InChI is InChI=1S/C17H22BrN3O.C2H6/c1-11-9-12-14(13(18)10-11)19-16(20(4)15(12)22)21-7-5-17(2,3)6-8-21;1-2/h9-10H,5-8H2,1-4H3;1-2H3.